The molecule has 0 spiro atoms. The first-order chi connectivity index (χ1) is 12.1. The van der Waals surface area contributed by atoms with Crippen LogP contribution in [0.15, 0.2) is 49.1 Å². The smallest absolute Gasteiger partial charge is 0.378 e. The number of aromatic nitrogens is 4. The van der Waals surface area contributed by atoms with Crippen molar-refractivity contribution in [3.8, 4) is 0 Å². The van der Waals surface area contributed by atoms with Gasteiger partial charge in [0.1, 0.15) is 23.3 Å². The van der Waals surface area contributed by atoms with Gasteiger partial charge in [-0.1, -0.05) is 30.3 Å². The number of nitrogens with zero attached hydrogens (tertiary/aromatic N) is 4. The summed E-state index contributed by atoms with van der Waals surface area (Å²) in [6.07, 6.45) is 3.59. The van der Waals surface area contributed by atoms with Crippen molar-refractivity contribution in [3.63, 3.8) is 0 Å². The zero-order chi connectivity index (χ0) is 17.8. The Bertz CT molecular complexity index is 963. The van der Waals surface area contributed by atoms with Crippen LogP contribution in [0.25, 0.3) is 16.9 Å². The van der Waals surface area contributed by atoms with Gasteiger partial charge >= 0.3 is 5.97 Å². The summed E-state index contributed by atoms with van der Waals surface area (Å²) < 4.78 is 6.11. The zero-order valence-electron chi connectivity index (χ0n) is 13.3. The number of hydrogen-bond donors (Lipinski definition) is 1. The van der Waals surface area contributed by atoms with Crippen LogP contribution in [0.5, 0.6) is 0 Å². The highest BCUT2D eigenvalue weighted by molar-refractivity contribution is 6.39. The third-order valence-corrected chi connectivity index (χ3v) is 3.49. The number of ketones is 1. The Balaban J connectivity index is 1.97. The average Bonchev–Trinajstić information content (AvgIpc) is 3.04. The van der Waals surface area contributed by atoms with Gasteiger partial charge in [0.2, 0.25) is 0 Å². The Hall–Kier alpha value is -3.55. The van der Waals surface area contributed by atoms with Gasteiger partial charge in [0.15, 0.2) is 5.65 Å². The Morgan fingerprint density at radius 2 is 1.96 bits per heavy atom. The van der Waals surface area contributed by atoms with Gasteiger partial charge in [-0.15, -0.1) is 0 Å². The van der Waals surface area contributed by atoms with Gasteiger partial charge in [0, 0.05) is 6.08 Å². The van der Waals surface area contributed by atoms with Crippen molar-refractivity contribution in [2.24, 2.45) is 0 Å². The van der Waals surface area contributed by atoms with E-state index in [2.05, 4.69) is 19.7 Å². The largest absolute Gasteiger partial charge is 0.505 e. The molecule has 2 heterocycles. The third kappa shape index (κ3) is 3.37. The van der Waals surface area contributed by atoms with Gasteiger partial charge in [-0.3, -0.25) is 4.79 Å². The van der Waals surface area contributed by atoms with Crippen molar-refractivity contribution in [2.45, 2.75) is 6.54 Å². The maximum absolute atomic E-state index is 11.6. The Labute approximate surface area is 142 Å². The van der Waals surface area contributed by atoms with Gasteiger partial charge in [0.05, 0.1) is 20.0 Å². The van der Waals surface area contributed by atoms with E-state index in [1.807, 2.05) is 30.3 Å². The first kappa shape index (κ1) is 16.3. The molecule has 0 radical (unpaired) electrons. The molecule has 2 aromatic heterocycles. The molecule has 126 valence electrons. The number of carbonyl (C=O) groups excluding carboxylic acids is 2. The topological polar surface area (TPSA) is 107 Å². The molecule has 1 N–H and O–H groups in total. The van der Waals surface area contributed by atoms with Crippen molar-refractivity contribution in [3.05, 3.63) is 60.3 Å². The van der Waals surface area contributed by atoms with Gasteiger partial charge in [0.25, 0.3) is 5.78 Å². The first-order valence-electron chi connectivity index (χ1n) is 7.33. The number of aliphatic hydroxyl groups is 1. The molecule has 8 nitrogen and oxygen atoms in total. The monoisotopic (exact) mass is 338 g/mol. The van der Waals surface area contributed by atoms with E-state index in [0.29, 0.717) is 17.7 Å². The second-order valence-electron chi connectivity index (χ2n) is 5.14. The molecule has 0 fully saturated rings. The quantitative estimate of drug-likeness (QED) is 0.325. The number of imidazole rings is 1. The fourth-order valence-corrected chi connectivity index (χ4v) is 2.32. The number of aliphatic hydroxyl groups excluding tert-OH is 1. The number of ether oxygens (including phenoxy) is 1. The normalized spacial score (nSPS) is 11.5. The Morgan fingerprint density at radius 3 is 2.68 bits per heavy atom. The SMILES string of the molecule is COC(=O)C(=O)/C=C(/O)c1ncnc2c1ncn2Cc1ccccc1. The minimum atomic E-state index is -1.08. The molecule has 3 aromatic rings. The van der Waals surface area contributed by atoms with Gasteiger partial charge in [-0.05, 0) is 5.56 Å². The van der Waals surface area contributed by atoms with E-state index in [-0.39, 0.29) is 5.69 Å². The number of methoxy groups -OCH3 is 1. The van der Waals surface area contributed by atoms with E-state index in [1.54, 1.807) is 10.9 Å². The van der Waals surface area contributed by atoms with E-state index >= 15 is 0 Å². The third-order valence-electron chi connectivity index (χ3n) is 3.49. The summed E-state index contributed by atoms with van der Waals surface area (Å²) in [6, 6.07) is 9.74. The Morgan fingerprint density at radius 1 is 1.20 bits per heavy atom. The molecule has 0 aliphatic rings. The summed E-state index contributed by atoms with van der Waals surface area (Å²) in [5, 5.41) is 10.1. The lowest BCUT2D eigenvalue weighted by molar-refractivity contribution is -0.149. The standard InChI is InChI=1S/C17H14N4O4/c1-25-17(24)13(23)7-12(22)14-15-16(19-9-18-14)21(10-20-15)8-11-5-3-2-4-6-11/h2-7,9-10,22H,8H2,1H3/b12-7+. The van der Waals surface area contributed by atoms with Crippen molar-refractivity contribution in [1.29, 1.82) is 0 Å². The van der Waals surface area contributed by atoms with Crippen LogP contribution in [-0.4, -0.2) is 43.5 Å². The second kappa shape index (κ2) is 6.91. The molecule has 8 heteroatoms. The van der Waals surface area contributed by atoms with E-state index in [1.165, 1.54) is 6.33 Å². The molecule has 0 saturated heterocycles. The minimum Gasteiger partial charge on any atom is -0.505 e. The van der Waals surface area contributed by atoms with Crippen LogP contribution in [0.2, 0.25) is 0 Å². The maximum atomic E-state index is 11.6. The molecule has 0 bridgehead atoms. The van der Waals surface area contributed by atoms with Crippen LogP contribution in [0.4, 0.5) is 0 Å². The number of rotatable bonds is 5. The number of esters is 1. The van der Waals surface area contributed by atoms with Crippen LogP contribution < -0.4 is 0 Å². The second-order valence-corrected chi connectivity index (χ2v) is 5.14. The van der Waals surface area contributed by atoms with E-state index < -0.39 is 17.5 Å². The van der Waals surface area contributed by atoms with Crippen LogP contribution >= 0.6 is 0 Å². The number of benzene rings is 1. The van der Waals surface area contributed by atoms with Crippen LogP contribution in [-0.2, 0) is 20.9 Å². The lowest BCUT2D eigenvalue weighted by Gasteiger charge is -2.04. The molecule has 25 heavy (non-hydrogen) atoms. The molecular formula is C17H14N4O4. The first-order valence-corrected chi connectivity index (χ1v) is 7.33. The molecule has 0 atom stereocenters. The fraction of sp³-hybridized carbons (Fsp3) is 0.118. The zero-order valence-corrected chi connectivity index (χ0v) is 13.3. The lowest BCUT2D eigenvalue weighted by atomic mass is 10.2. The number of hydrogen-bond acceptors (Lipinski definition) is 7. The van der Waals surface area contributed by atoms with Crippen molar-refractivity contribution < 1.29 is 19.4 Å². The average molecular weight is 338 g/mol. The van der Waals surface area contributed by atoms with Crippen LogP contribution in [0.1, 0.15) is 11.3 Å². The minimum absolute atomic E-state index is 0.0639. The van der Waals surface area contributed by atoms with Crippen molar-refractivity contribution in [2.75, 3.05) is 7.11 Å². The highest BCUT2D eigenvalue weighted by Gasteiger charge is 2.17. The summed E-state index contributed by atoms with van der Waals surface area (Å²) in [4.78, 5) is 35.1. The molecule has 0 saturated carbocycles. The summed E-state index contributed by atoms with van der Waals surface area (Å²) >= 11 is 0. The van der Waals surface area contributed by atoms with Crippen LogP contribution in [0.3, 0.4) is 0 Å². The lowest BCUT2D eigenvalue weighted by Crippen LogP contribution is -2.13. The molecular weight excluding hydrogens is 324 g/mol. The van der Waals surface area contributed by atoms with Crippen LogP contribution in [0, 0.1) is 0 Å². The molecule has 0 aliphatic heterocycles. The maximum Gasteiger partial charge on any atom is 0.378 e. The highest BCUT2D eigenvalue weighted by Crippen LogP contribution is 2.19. The van der Waals surface area contributed by atoms with Gasteiger partial charge in [-0.2, -0.15) is 0 Å². The highest BCUT2D eigenvalue weighted by atomic mass is 16.5. The summed E-state index contributed by atoms with van der Waals surface area (Å²) in [5.74, 6) is -2.55. The predicted octanol–water partition coefficient (Wildman–Crippen LogP) is 1.52. The molecule has 1 aromatic carbocycles. The summed E-state index contributed by atoms with van der Waals surface area (Å²) in [6.45, 7) is 0.541. The molecule has 3 rings (SSSR count). The van der Waals surface area contributed by atoms with Crippen molar-refractivity contribution >= 4 is 28.7 Å². The van der Waals surface area contributed by atoms with E-state index in [9.17, 15) is 14.7 Å². The van der Waals surface area contributed by atoms with Crippen molar-refractivity contribution in [1.82, 2.24) is 19.5 Å². The summed E-state index contributed by atoms with van der Waals surface area (Å²) in [7, 11) is 1.08. The predicted molar refractivity (Wildman–Crippen MR) is 88.5 cm³/mol. The van der Waals surface area contributed by atoms with Gasteiger partial charge < -0.3 is 14.4 Å². The fourth-order valence-electron chi connectivity index (χ4n) is 2.32. The van der Waals surface area contributed by atoms with Gasteiger partial charge in [-0.25, -0.2) is 19.7 Å². The number of fused-ring (bicyclic) bond motifs is 1. The molecule has 0 aliphatic carbocycles. The van der Waals surface area contributed by atoms with E-state index in [0.717, 1.165) is 18.7 Å². The molecule has 0 unspecified atom stereocenters. The number of carbonyl (C=O) groups is 2. The van der Waals surface area contributed by atoms with E-state index in [4.69, 9.17) is 0 Å². The summed E-state index contributed by atoms with van der Waals surface area (Å²) in [5.41, 5.74) is 1.95. The molecule has 0 amide bonds. The Kier molecular flexibility index (Phi) is 4.51.